The Morgan fingerprint density at radius 1 is 1.37 bits per heavy atom. The van der Waals surface area contributed by atoms with Crippen molar-refractivity contribution in [2.45, 2.75) is 78.8 Å². The van der Waals surface area contributed by atoms with Crippen molar-refractivity contribution in [2.24, 2.45) is 10.8 Å². The summed E-state index contributed by atoms with van der Waals surface area (Å²) in [5.74, 6) is 0. The molecule has 1 aliphatic heterocycles. The molecule has 0 aromatic heterocycles. The van der Waals surface area contributed by atoms with Gasteiger partial charge in [-0.3, -0.25) is 0 Å². The second-order valence-corrected chi connectivity index (χ2v) is 8.16. The van der Waals surface area contributed by atoms with Crippen molar-refractivity contribution in [3.63, 3.8) is 0 Å². The molecule has 0 spiro atoms. The largest absolute Gasteiger partial charge is 0.145 e. The third-order valence-corrected chi connectivity index (χ3v) is 5.06. The fraction of sp³-hybridized carbons (Fsp3) is 0.778. The van der Waals surface area contributed by atoms with Gasteiger partial charge in [-0.1, -0.05) is 63.4 Å². The molecule has 2 aliphatic rings. The van der Waals surface area contributed by atoms with Gasteiger partial charge < -0.3 is 0 Å². The van der Waals surface area contributed by atoms with Crippen LogP contribution in [0.2, 0.25) is 19.0 Å². The third kappa shape index (κ3) is 3.77. The number of hydrogen-bond acceptors (Lipinski definition) is 0. The summed E-state index contributed by atoms with van der Waals surface area (Å²) in [7, 11) is 0. The van der Waals surface area contributed by atoms with Crippen molar-refractivity contribution in [1.29, 1.82) is 0 Å². The van der Waals surface area contributed by atoms with Gasteiger partial charge in [-0.05, 0) is 43.4 Å². The minimum atomic E-state index is 0.467. The number of unbranched alkanes of at least 4 members (excludes halogenated alkanes) is 1. The summed E-state index contributed by atoms with van der Waals surface area (Å²) < 4.78 is 0. The van der Waals surface area contributed by atoms with E-state index < -0.39 is 0 Å². The summed E-state index contributed by atoms with van der Waals surface area (Å²) in [6.07, 6.45) is 13.5. The van der Waals surface area contributed by atoms with Crippen LogP contribution < -0.4 is 0 Å². The zero-order valence-electron chi connectivity index (χ0n) is 13.5. The molecule has 2 unspecified atom stereocenters. The highest BCUT2D eigenvalue weighted by atomic mass is 14.4. The summed E-state index contributed by atoms with van der Waals surface area (Å²) in [6.45, 7) is 14.5. The minimum Gasteiger partial charge on any atom is -0.101 e. The molecule has 0 N–H and O–H groups in total. The van der Waals surface area contributed by atoms with Crippen LogP contribution in [0.3, 0.4) is 0 Å². The Bertz CT molecular complexity index is 381. The predicted molar refractivity (Wildman–Crippen MR) is 88.0 cm³/mol. The molecule has 0 nitrogen and oxygen atoms in total. The van der Waals surface area contributed by atoms with Crippen LogP contribution in [0.15, 0.2) is 23.8 Å². The molecule has 0 aromatic carbocycles. The molecule has 2 bridgehead atoms. The van der Waals surface area contributed by atoms with Crippen LogP contribution in [0.5, 0.6) is 0 Å². The average Bonchev–Trinajstić information content (AvgIpc) is 2.21. The lowest BCUT2D eigenvalue weighted by Gasteiger charge is -2.50. The van der Waals surface area contributed by atoms with Crippen LogP contribution >= 0.6 is 0 Å². The number of rotatable bonds is 5. The Morgan fingerprint density at radius 2 is 2.11 bits per heavy atom. The van der Waals surface area contributed by atoms with Gasteiger partial charge in [-0.15, -0.1) is 6.58 Å². The van der Waals surface area contributed by atoms with Crippen LogP contribution in [0.25, 0.3) is 0 Å². The first kappa shape index (κ1) is 14.9. The highest BCUT2D eigenvalue weighted by molar-refractivity contribution is 6.60. The molecule has 1 heteroatoms. The van der Waals surface area contributed by atoms with Gasteiger partial charge in [0.2, 0.25) is 0 Å². The van der Waals surface area contributed by atoms with Crippen molar-refractivity contribution >= 4 is 6.71 Å². The molecule has 1 saturated heterocycles. The Balaban J connectivity index is 2.13. The molecule has 2 rings (SSSR count). The van der Waals surface area contributed by atoms with Gasteiger partial charge >= 0.3 is 0 Å². The van der Waals surface area contributed by atoms with Crippen LogP contribution in [-0.2, 0) is 0 Å². The standard InChI is InChI=1S/C18H31B/c1-6-7-8-16-9-17(4)12-18(5,10-16)14-19(13-17)11-15(2)3/h9H,2,6-8,10-14H2,1,3-5H3. The minimum absolute atomic E-state index is 0.467. The smallest absolute Gasteiger partial charge is 0.101 e. The van der Waals surface area contributed by atoms with E-state index in [0.717, 1.165) is 6.71 Å². The number of allylic oxidation sites excluding steroid dienone is 3. The third-order valence-electron chi connectivity index (χ3n) is 5.06. The molecule has 1 aliphatic carbocycles. The van der Waals surface area contributed by atoms with Gasteiger partial charge in [0.15, 0.2) is 0 Å². The summed E-state index contributed by atoms with van der Waals surface area (Å²) >= 11 is 0. The SMILES string of the molecule is C=C(C)CB1CC2(C)C=C(CCCC)CC(C)(C1)C2. The normalized spacial score (nSPS) is 34.1. The average molecular weight is 258 g/mol. The van der Waals surface area contributed by atoms with Crippen LogP contribution in [0.4, 0.5) is 0 Å². The Labute approximate surface area is 120 Å². The first-order valence-corrected chi connectivity index (χ1v) is 8.19. The van der Waals surface area contributed by atoms with E-state index in [-0.39, 0.29) is 0 Å². The molecule has 19 heavy (non-hydrogen) atoms. The van der Waals surface area contributed by atoms with E-state index in [1.165, 1.54) is 56.6 Å². The molecular formula is C18H31B. The Morgan fingerprint density at radius 3 is 2.68 bits per heavy atom. The quantitative estimate of drug-likeness (QED) is 0.419. The highest BCUT2D eigenvalue weighted by Crippen LogP contribution is 2.56. The van der Waals surface area contributed by atoms with E-state index in [4.69, 9.17) is 0 Å². The van der Waals surface area contributed by atoms with Crippen molar-refractivity contribution in [2.75, 3.05) is 0 Å². The molecule has 1 heterocycles. The maximum Gasteiger partial charge on any atom is 0.145 e. The van der Waals surface area contributed by atoms with Crippen molar-refractivity contribution in [3.8, 4) is 0 Å². The first-order valence-electron chi connectivity index (χ1n) is 8.19. The van der Waals surface area contributed by atoms with Gasteiger partial charge in [0.05, 0.1) is 0 Å². The number of hydrogen-bond donors (Lipinski definition) is 0. The summed E-state index contributed by atoms with van der Waals surface area (Å²) in [4.78, 5) is 0. The van der Waals surface area contributed by atoms with Crippen LogP contribution in [-0.4, -0.2) is 6.71 Å². The summed E-state index contributed by atoms with van der Waals surface area (Å²) in [6, 6.07) is 0. The lowest BCUT2D eigenvalue weighted by atomic mass is 9.29. The topological polar surface area (TPSA) is 0 Å². The predicted octanol–water partition coefficient (Wildman–Crippen LogP) is 5.99. The fourth-order valence-corrected chi connectivity index (χ4v) is 5.09. The van der Waals surface area contributed by atoms with E-state index in [0.29, 0.717) is 10.8 Å². The molecule has 106 valence electrons. The highest BCUT2D eigenvalue weighted by Gasteiger charge is 2.46. The lowest BCUT2D eigenvalue weighted by molar-refractivity contribution is 0.192. The van der Waals surface area contributed by atoms with Crippen molar-refractivity contribution in [3.05, 3.63) is 23.8 Å². The fourth-order valence-electron chi connectivity index (χ4n) is 5.09. The maximum absolute atomic E-state index is 4.13. The van der Waals surface area contributed by atoms with Gasteiger partial charge in [0.1, 0.15) is 6.71 Å². The first-order chi connectivity index (χ1) is 8.84. The summed E-state index contributed by atoms with van der Waals surface area (Å²) in [5.41, 5.74) is 4.15. The van der Waals surface area contributed by atoms with Crippen molar-refractivity contribution < 1.29 is 0 Å². The molecule has 1 fully saturated rings. The van der Waals surface area contributed by atoms with E-state index in [2.05, 4.69) is 40.3 Å². The Kier molecular flexibility index (Phi) is 4.33. The molecular weight excluding hydrogens is 227 g/mol. The molecule has 0 saturated carbocycles. The molecule has 0 radical (unpaired) electrons. The van der Waals surface area contributed by atoms with Gasteiger partial charge in [-0.2, -0.15) is 0 Å². The number of fused-ring (bicyclic) bond motifs is 2. The monoisotopic (exact) mass is 258 g/mol. The maximum atomic E-state index is 4.13. The van der Waals surface area contributed by atoms with Gasteiger partial charge in [0.25, 0.3) is 0 Å². The molecule has 0 aromatic rings. The van der Waals surface area contributed by atoms with E-state index in [1.807, 2.05) is 0 Å². The van der Waals surface area contributed by atoms with Crippen molar-refractivity contribution in [1.82, 2.24) is 0 Å². The van der Waals surface area contributed by atoms with Crippen LogP contribution in [0, 0.1) is 10.8 Å². The van der Waals surface area contributed by atoms with E-state index in [9.17, 15) is 0 Å². The summed E-state index contributed by atoms with van der Waals surface area (Å²) in [5, 5.41) is 0. The van der Waals surface area contributed by atoms with Crippen LogP contribution in [0.1, 0.15) is 59.8 Å². The Hall–Kier alpha value is -0.455. The van der Waals surface area contributed by atoms with Gasteiger partial charge in [0, 0.05) is 0 Å². The van der Waals surface area contributed by atoms with E-state index >= 15 is 0 Å². The second-order valence-electron chi connectivity index (χ2n) is 8.16. The lowest BCUT2D eigenvalue weighted by Crippen LogP contribution is -2.43. The molecule has 0 amide bonds. The second kappa shape index (κ2) is 5.50. The van der Waals surface area contributed by atoms with Gasteiger partial charge in [-0.25, -0.2) is 0 Å². The zero-order valence-corrected chi connectivity index (χ0v) is 13.5. The zero-order chi connectivity index (χ0) is 14.1. The molecule has 2 atom stereocenters. The van der Waals surface area contributed by atoms with E-state index in [1.54, 1.807) is 5.57 Å².